The van der Waals surface area contributed by atoms with Gasteiger partial charge in [-0.2, -0.15) is 0 Å². The summed E-state index contributed by atoms with van der Waals surface area (Å²) in [5, 5.41) is 2.67. The normalized spacial score (nSPS) is 9.11. The molecule has 0 aromatic heterocycles. The topological polar surface area (TPSA) is 55.1 Å². The molecule has 0 spiro atoms. The number of nitrogens with two attached hydrogens (primary N) is 1. The van der Waals surface area contributed by atoms with Crippen molar-refractivity contribution in [2.45, 2.75) is 12.8 Å². The fourth-order valence-corrected chi connectivity index (χ4v) is 0.851. The number of hydrogen-bond acceptors (Lipinski definition) is 2. The summed E-state index contributed by atoms with van der Waals surface area (Å²) in [4.78, 5) is 10.6. The van der Waals surface area contributed by atoms with E-state index < -0.39 is 0 Å². The van der Waals surface area contributed by atoms with Gasteiger partial charge in [-0.05, 0) is 13.0 Å². The summed E-state index contributed by atoms with van der Waals surface area (Å²) in [5.41, 5.74) is 5.19. The van der Waals surface area contributed by atoms with Crippen molar-refractivity contribution in [2.24, 2.45) is 5.73 Å². The second kappa shape index (κ2) is 6.28. The van der Waals surface area contributed by atoms with Crippen LogP contribution < -0.4 is 11.1 Å². The van der Waals surface area contributed by atoms with Crippen LogP contribution in [0.3, 0.4) is 0 Å². The highest BCUT2D eigenvalue weighted by Crippen LogP contribution is 1.85. The zero-order valence-electron chi connectivity index (χ0n) is 5.19. The molecule has 0 rings (SSSR count). The van der Waals surface area contributed by atoms with Crippen LogP contribution in [-0.4, -0.2) is 17.0 Å². The van der Waals surface area contributed by atoms with Gasteiger partial charge in [0, 0.05) is 6.42 Å². The Hall–Kier alpha value is 0.160. The molecule has 1 amide bonds. The highest BCUT2D eigenvalue weighted by Gasteiger charge is 1.95. The molecule has 0 aromatic carbocycles. The Kier molecular flexibility index (Phi) is 6.39. The van der Waals surface area contributed by atoms with Crippen LogP contribution in [0.1, 0.15) is 12.8 Å². The first-order chi connectivity index (χ1) is 4.31. The van der Waals surface area contributed by atoms with Gasteiger partial charge in [0.15, 0.2) is 0 Å². The Labute approximate surface area is 68.5 Å². The van der Waals surface area contributed by atoms with E-state index in [-0.39, 0.29) is 5.91 Å². The van der Waals surface area contributed by atoms with Gasteiger partial charge >= 0.3 is 0 Å². The fraction of sp³-hybridized carbons (Fsp3) is 0.800. The molecule has 0 radical (unpaired) electrons. The minimum Gasteiger partial charge on any atom is -0.347 e. The Balaban J connectivity index is 3.06. The van der Waals surface area contributed by atoms with E-state index in [0.717, 1.165) is 6.42 Å². The average Bonchev–Trinajstić information content (AvgIpc) is 1.85. The molecule has 0 bridgehead atoms. The Bertz CT molecular complexity index is 87.0. The molecule has 0 fully saturated rings. The standard InChI is InChI=1S/C5H11IN2O/c6-4-8-5(9)2-1-3-7/h1-4,7H2,(H,8,9). The van der Waals surface area contributed by atoms with Crippen molar-refractivity contribution in [3.63, 3.8) is 0 Å². The quantitative estimate of drug-likeness (QED) is 0.421. The summed E-state index contributed by atoms with van der Waals surface area (Å²) in [6.07, 6.45) is 1.34. The van der Waals surface area contributed by atoms with E-state index in [1.54, 1.807) is 0 Å². The Morgan fingerprint density at radius 1 is 1.67 bits per heavy atom. The number of carbonyl (C=O) groups excluding carboxylic acids is 1. The van der Waals surface area contributed by atoms with Crippen LogP contribution in [0, 0.1) is 0 Å². The summed E-state index contributed by atoms with van der Waals surface area (Å²) in [6.45, 7) is 0.592. The molecule has 0 aliphatic heterocycles. The molecule has 3 nitrogen and oxygen atoms in total. The molecule has 0 heterocycles. The highest BCUT2D eigenvalue weighted by molar-refractivity contribution is 14.1. The number of nitrogens with one attached hydrogen (secondary N) is 1. The van der Waals surface area contributed by atoms with E-state index in [4.69, 9.17) is 5.73 Å². The van der Waals surface area contributed by atoms with Crippen LogP contribution in [-0.2, 0) is 4.79 Å². The third-order valence-corrected chi connectivity index (χ3v) is 1.25. The van der Waals surface area contributed by atoms with Crippen LogP contribution in [0.4, 0.5) is 0 Å². The summed E-state index contributed by atoms with van der Waals surface area (Å²) < 4.78 is 0.682. The first kappa shape index (κ1) is 9.16. The molecule has 0 unspecified atom stereocenters. The maximum Gasteiger partial charge on any atom is 0.220 e. The fourth-order valence-electron chi connectivity index (χ4n) is 0.426. The van der Waals surface area contributed by atoms with Crippen molar-refractivity contribution in [2.75, 3.05) is 11.1 Å². The number of halogens is 1. The van der Waals surface area contributed by atoms with Gasteiger partial charge in [-0.25, -0.2) is 0 Å². The predicted octanol–water partition coefficient (Wildman–Crippen LogP) is 0.234. The second-order valence-corrected chi connectivity index (χ2v) is 2.39. The number of amides is 1. The SMILES string of the molecule is NCCCC(=O)NCI. The van der Waals surface area contributed by atoms with Crippen molar-refractivity contribution >= 4 is 28.5 Å². The van der Waals surface area contributed by atoms with E-state index in [2.05, 4.69) is 27.9 Å². The summed E-state index contributed by atoms with van der Waals surface area (Å²) in [7, 11) is 0. The van der Waals surface area contributed by atoms with E-state index >= 15 is 0 Å². The molecule has 0 aromatic rings. The second-order valence-electron chi connectivity index (χ2n) is 1.63. The van der Waals surface area contributed by atoms with Gasteiger partial charge in [-0.15, -0.1) is 0 Å². The molecule has 0 saturated carbocycles. The van der Waals surface area contributed by atoms with Crippen molar-refractivity contribution in [3.8, 4) is 0 Å². The van der Waals surface area contributed by atoms with Gasteiger partial charge in [0.2, 0.25) is 5.91 Å². The molecule has 9 heavy (non-hydrogen) atoms. The van der Waals surface area contributed by atoms with Crippen molar-refractivity contribution in [1.82, 2.24) is 5.32 Å². The highest BCUT2D eigenvalue weighted by atomic mass is 127. The third kappa shape index (κ3) is 6.04. The van der Waals surface area contributed by atoms with Crippen LogP contribution >= 0.6 is 22.6 Å². The van der Waals surface area contributed by atoms with Crippen molar-refractivity contribution in [1.29, 1.82) is 0 Å². The Morgan fingerprint density at radius 2 is 2.33 bits per heavy atom. The molecular weight excluding hydrogens is 231 g/mol. The van der Waals surface area contributed by atoms with Crippen molar-refractivity contribution in [3.05, 3.63) is 0 Å². The molecular formula is C5H11IN2O. The van der Waals surface area contributed by atoms with Crippen LogP contribution in [0.25, 0.3) is 0 Å². The minimum atomic E-state index is 0.0925. The molecule has 54 valence electrons. The number of alkyl halides is 1. The molecule has 0 aliphatic rings. The van der Waals surface area contributed by atoms with Gasteiger partial charge in [-0.3, -0.25) is 4.79 Å². The van der Waals surface area contributed by atoms with Gasteiger partial charge in [0.1, 0.15) is 0 Å². The zero-order chi connectivity index (χ0) is 7.11. The predicted molar refractivity (Wildman–Crippen MR) is 45.3 cm³/mol. The first-order valence-corrected chi connectivity index (χ1v) is 4.36. The average molecular weight is 242 g/mol. The summed E-state index contributed by atoms with van der Waals surface area (Å²) in [6, 6.07) is 0. The molecule has 4 heteroatoms. The molecule has 3 N–H and O–H groups in total. The Morgan fingerprint density at radius 3 is 2.78 bits per heavy atom. The summed E-state index contributed by atoms with van der Waals surface area (Å²) in [5.74, 6) is 0.0925. The van der Waals surface area contributed by atoms with E-state index in [1.165, 1.54) is 0 Å². The maximum atomic E-state index is 10.6. The lowest BCUT2D eigenvalue weighted by atomic mass is 10.3. The van der Waals surface area contributed by atoms with E-state index in [1.807, 2.05) is 0 Å². The van der Waals surface area contributed by atoms with Gasteiger partial charge in [0.05, 0.1) is 4.55 Å². The number of hydrogen-bond donors (Lipinski definition) is 2. The lowest BCUT2D eigenvalue weighted by Gasteiger charge is -1.97. The third-order valence-electron chi connectivity index (χ3n) is 0.872. The maximum absolute atomic E-state index is 10.6. The first-order valence-electron chi connectivity index (χ1n) is 2.84. The summed E-state index contributed by atoms with van der Waals surface area (Å²) >= 11 is 2.09. The molecule has 0 atom stereocenters. The van der Waals surface area contributed by atoms with Gasteiger partial charge < -0.3 is 11.1 Å². The lowest BCUT2D eigenvalue weighted by molar-refractivity contribution is -0.120. The van der Waals surface area contributed by atoms with E-state index in [9.17, 15) is 4.79 Å². The van der Waals surface area contributed by atoms with Crippen LogP contribution in [0.2, 0.25) is 0 Å². The van der Waals surface area contributed by atoms with Crippen LogP contribution in [0.5, 0.6) is 0 Å². The lowest BCUT2D eigenvalue weighted by Crippen LogP contribution is -2.21. The number of rotatable bonds is 4. The number of carbonyl (C=O) groups is 1. The van der Waals surface area contributed by atoms with E-state index in [0.29, 0.717) is 17.5 Å². The zero-order valence-corrected chi connectivity index (χ0v) is 7.35. The smallest absolute Gasteiger partial charge is 0.220 e. The minimum absolute atomic E-state index is 0.0925. The van der Waals surface area contributed by atoms with Gasteiger partial charge in [0.25, 0.3) is 0 Å². The molecule has 0 saturated heterocycles. The monoisotopic (exact) mass is 242 g/mol. The largest absolute Gasteiger partial charge is 0.347 e. The van der Waals surface area contributed by atoms with Gasteiger partial charge in [-0.1, -0.05) is 22.6 Å². The van der Waals surface area contributed by atoms with Crippen molar-refractivity contribution < 1.29 is 4.79 Å². The van der Waals surface area contributed by atoms with Crippen LogP contribution in [0.15, 0.2) is 0 Å². The molecule has 0 aliphatic carbocycles.